The predicted octanol–water partition coefficient (Wildman–Crippen LogP) is 3.99. The Kier molecular flexibility index (Phi) is 2.82. The maximum absolute atomic E-state index is 4.03. The van der Waals surface area contributed by atoms with Crippen molar-refractivity contribution in [2.45, 2.75) is 40.0 Å². The van der Waals surface area contributed by atoms with Gasteiger partial charge < -0.3 is 0 Å². The Morgan fingerprint density at radius 2 is 1.65 bits per heavy atom. The van der Waals surface area contributed by atoms with E-state index in [2.05, 4.69) is 56.9 Å². The molecule has 1 heterocycles. The van der Waals surface area contributed by atoms with Crippen LogP contribution in [0.1, 0.15) is 37.5 Å². The molecule has 2 heteroatoms. The summed E-state index contributed by atoms with van der Waals surface area (Å²) in [5.41, 5.74) is 6.56. The monoisotopic (exact) mass is 228 g/mol. The van der Waals surface area contributed by atoms with E-state index in [0.29, 0.717) is 0 Å². The van der Waals surface area contributed by atoms with E-state index in [0.717, 1.165) is 5.69 Å². The quantitative estimate of drug-likeness (QED) is 0.785. The molecule has 0 atom stereocenters. The summed E-state index contributed by atoms with van der Waals surface area (Å²) < 4.78 is 0. The molecule has 0 radical (unpaired) electrons. The van der Waals surface area contributed by atoms with Crippen LogP contribution in [-0.2, 0) is 5.41 Å². The largest absolute Gasteiger partial charge is 0.278 e. The number of aromatic nitrogens is 2. The second-order valence-corrected chi connectivity index (χ2v) is 5.71. The van der Waals surface area contributed by atoms with Gasteiger partial charge in [0.15, 0.2) is 0 Å². The zero-order valence-electron chi connectivity index (χ0n) is 11.3. The average Bonchev–Trinajstić information content (AvgIpc) is 2.68. The van der Waals surface area contributed by atoms with Crippen molar-refractivity contribution >= 4 is 0 Å². The maximum atomic E-state index is 4.03. The van der Waals surface area contributed by atoms with Crippen molar-refractivity contribution in [1.82, 2.24) is 10.2 Å². The summed E-state index contributed by atoms with van der Waals surface area (Å²) in [4.78, 5) is 0. The predicted molar refractivity (Wildman–Crippen MR) is 72.2 cm³/mol. The number of aryl methyl sites for hydroxylation is 2. The van der Waals surface area contributed by atoms with Crippen LogP contribution in [0.2, 0.25) is 0 Å². The number of hydrogen-bond acceptors (Lipinski definition) is 1. The molecule has 1 N–H and O–H groups in total. The highest BCUT2D eigenvalue weighted by Crippen LogP contribution is 2.31. The highest BCUT2D eigenvalue weighted by atomic mass is 15.1. The minimum absolute atomic E-state index is 0.196. The molecule has 0 amide bonds. The molecule has 0 unspecified atom stereocenters. The number of nitrogens with one attached hydrogen (secondary N) is 1. The molecule has 0 saturated heterocycles. The third kappa shape index (κ3) is 2.26. The second-order valence-electron chi connectivity index (χ2n) is 5.71. The van der Waals surface area contributed by atoms with Gasteiger partial charge in [-0.15, -0.1) is 0 Å². The van der Waals surface area contributed by atoms with Crippen LogP contribution < -0.4 is 0 Å². The third-order valence-corrected chi connectivity index (χ3v) is 3.17. The molecule has 0 aliphatic carbocycles. The standard InChI is InChI=1S/C15H20N2/c1-10-8-12(15(3,4)5)9-11(2)14(10)13-6-7-16-17-13/h6-9H,1-5H3,(H,16,17). The number of aromatic amines is 1. The maximum Gasteiger partial charge on any atom is 0.0655 e. The number of H-pyrrole nitrogens is 1. The first-order valence-corrected chi connectivity index (χ1v) is 6.01. The lowest BCUT2D eigenvalue weighted by atomic mass is 9.83. The second kappa shape index (κ2) is 4.02. The SMILES string of the molecule is Cc1cc(C(C)(C)C)cc(C)c1-c1ccn[nH]1. The Labute approximate surface area is 103 Å². The summed E-state index contributed by atoms with van der Waals surface area (Å²) in [6.45, 7) is 11.1. The third-order valence-electron chi connectivity index (χ3n) is 3.17. The van der Waals surface area contributed by atoms with Gasteiger partial charge in [-0.25, -0.2) is 0 Å². The molecular weight excluding hydrogens is 208 g/mol. The summed E-state index contributed by atoms with van der Waals surface area (Å²) in [5, 5.41) is 7.07. The van der Waals surface area contributed by atoms with E-state index in [9.17, 15) is 0 Å². The van der Waals surface area contributed by atoms with Gasteiger partial charge in [0.2, 0.25) is 0 Å². The van der Waals surface area contributed by atoms with Crippen molar-refractivity contribution in [3.8, 4) is 11.3 Å². The van der Waals surface area contributed by atoms with Gasteiger partial charge in [-0.1, -0.05) is 32.9 Å². The minimum Gasteiger partial charge on any atom is -0.278 e. The van der Waals surface area contributed by atoms with Crippen molar-refractivity contribution in [1.29, 1.82) is 0 Å². The van der Waals surface area contributed by atoms with Crippen molar-refractivity contribution < 1.29 is 0 Å². The molecule has 0 bridgehead atoms. The van der Waals surface area contributed by atoms with Crippen LogP contribution in [0.25, 0.3) is 11.3 Å². The van der Waals surface area contributed by atoms with Crippen LogP contribution in [-0.4, -0.2) is 10.2 Å². The molecule has 2 aromatic rings. The molecule has 0 aliphatic rings. The Morgan fingerprint density at radius 3 is 2.06 bits per heavy atom. The van der Waals surface area contributed by atoms with E-state index in [1.54, 1.807) is 6.20 Å². The lowest BCUT2D eigenvalue weighted by Crippen LogP contribution is -2.12. The molecule has 1 aromatic heterocycles. The number of benzene rings is 1. The topological polar surface area (TPSA) is 28.7 Å². The summed E-state index contributed by atoms with van der Waals surface area (Å²) >= 11 is 0. The lowest BCUT2D eigenvalue weighted by molar-refractivity contribution is 0.589. The average molecular weight is 228 g/mol. The van der Waals surface area contributed by atoms with Crippen LogP contribution in [0.5, 0.6) is 0 Å². The van der Waals surface area contributed by atoms with Gasteiger partial charge in [0.1, 0.15) is 0 Å². The van der Waals surface area contributed by atoms with Crippen LogP contribution in [0, 0.1) is 13.8 Å². The van der Waals surface area contributed by atoms with Gasteiger partial charge in [0.25, 0.3) is 0 Å². The summed E-state index contributed by atoms with van der Waals surface area (Å²) in [6, 6.07) is 6.58. The first-order chi connectivity index (χ1) is 7.89. The van der Waals surface area contributed by atoms with E-state index >= 15 is 0 Å². The van der Waals surface area contributed by atoms with Gasteiger partial charge in [0, 0.05) is 11.8 Å². The summed E-state index contributed by atoms with van der Waals surface area (Å²) in [5.74, 6) is 0. The first-order valence-electron chi connectivity index (χ1n) is 6.01. The molecule has 2 nitrogen and oxygen atoms in total. The zero-order valence-corrected chi connectivity index (χ0v) is 11.3. The van der Waals surface area contributed by atoms with Crippen LogP contribution in [0.15, 0.2) is 24.4 Å². The molecule has 2 rings (SSSR count). The molecule has 0 fully saturated rings. The Morgan fingerprint density at radius 1 is 1.06 bits per heavy atom. The summed E-state index contributed by atoms with van der Waals surface area (Å²) in [6.07, 6.45) is 1.80. The lowest BCUT2D eigenvalue weighted by Gasteiger charge is -2.22. The van der Waals surface area contributed by atoms with Gasteiger partial charge in [0.05, 0.1) is 5.69 Å². The van der Waals surface area contributed by atoms with Gasteiger partial charge in [-0.2, -0.15) is 5.10 Å². The Bertz CT molecular complexity index is 493. The smallest absolute Gasteiger partial charge is 0.0655 e. The highest BCUT2D eigenvalue weighted by Gasteiger charge is 2.17. The molecular formula is C15H20N2. The number of rotatable bonds is 1. The van der Waals surface area contributed by atoms with E-state index in [1.165, 1.54) is 22.3 Å². The van der Waals surface area contributed by atoms with Crippen LogP contribution >= 0.6 is 0 Å². The van der Waals surface area contributed by atoms with Crippen LogP contribution in [0.4, 0.5) is 0 Å². The molecule has 0 aliphatic heterocycles. The first kappa shape index (κ1) is 11.9. The van der Waals surface area contributed by atoms with Crippen molar-refractivity contribution in [3.05, 3.63) is 41.1 Å². The molecule has 0 spiro atoms. The summed E-state index contributed by atoms with van der Waals surface area (Å²) in [7, 11) is 0. The minimum atomic E-state index is 0.196. The van der Waals surface area contributed by atoms with Gasteiger partial charge in [-0.3, -0.25) is 5.10 Å². The fourth-order valence-electron chi connectivity index (χ4n) is 2.22. The van der Waals surface area contributed by atoms with Crippen molar-refractivity contribution in [3.63, 3.8) is 0 Å². The van der Waals surface area contributed by atoms with Gasteiger partial charge >= 0.3 is 0 Å². The normalized spacial score (nSPS) is 11.8. The van der Waals surface area contributed by atoms with Gasteiger partial charge in [-0.05, 0) is 42.0 Å². The molecule has 90 valence electrons. The van der Waals surface area contributed by atoms with E-state index in [1.807, 2.05) is 6.07 Å². The van der Waals surface area contributed by atoms with Crippen molar-refractivity contribution in [2.24, 2.45) is 0 Å². The fourth-order valence-corrected chi connectivity index (χ4v) is 2.22. The zero-order chi connectivity index (χ0) is 12.6. The fraction of sp³-hybridized carbons (Fsp3) is 0.400. The van der Waals surface area contributed by atoms with Crippen molar-refractivity contribution in [2.75, 3.05) is 0 Å². The van der Waals surface area contributed by atoms with E-state index < -0.39 is 0 Å². The molecule has 0 saturated carbocycles. The molecule has 1 aromatic carbocycles. The molecule has 17 heavy (non-hydrogen) atoms. The number of nitrogens with zero attached hydrogens (tertiary/aromatic N) is 1. The number of hydrogen-bond donors (Lipinski definition) is 1. The van der Waals surface area contributed by atoms with E-state index in [-0.39, 0.29) is 5.41 Å². The van der Waals surface area contributed by atoms with Crippen LogP contribution in [0.3, 0.4) is 0 Å². The highest BCUT2D eigenvalue weighted by molar-refractivity contribution is 5.68. The van der Waals surface area contributed by atoms with E-state index in [4.69, 9.17) is 0 Å². The Hall–Kier alpha value is -1.57. The Balaban J connectivity index is 2.58.